The van der Waals surface area contributed by atoms with E-state index in [0.717, 1.165) is 16.3 Å². The molecule has 3 aromatic carbocycles. The van der Waals surface area contributed by atoms with Crippen LogP contribution in [0.15, 0.2) is 82.7 Å². The Morgan fingerprint density at radius 1 is 1.02 bits per heavy atom. The molecule has 1 aliphatic rings. The van der Waals surface area contributed by atoms with Crippen LogP contribution in [-0.2, 0) is 32.6 Å². The SMILES string of the molecule is Nc1nc(CNS(=O)(=O)c2ccccc2)nc(NCc2cccc3ccccc23)c1N=CCC1OCC(CO)O1. The normalized spacial score (nSPS) is 17.5. The molecule has 0 bridgehead atoms. The van der Waals surface area contributed by atoms with Crippen LogP contribution < -0.4 is 15.8 Å². The summed E-state index contributed by atoms with van der Waals surface area (Å²) in [4.78, 5) is 13.5. The summed E-state index contributed by atoms with van der Waals surface area (Å²) in [5.41, 5.74) is 7.65. The molecule has 0 saturated carbocycles. The first-order chi connectivity index (χ1) is 19.4. The standard InChI is InChI=1S/C28H30N6O5S/c29-27-26(30-14-13-25-38-18-21(17-35)39-25)28(31-15-20-9-6-8-19-7-4-5-12-23(19)20)34-24(33-27)16-32-40(36,37)22-10-2-1-3-11-22/h1-12,14,21,25,32,35H,13,15-18H2,(H3,29,31,33,34). The average Bonchev–Trinajstić information content (AvgIpc) is 3.44. The number of fused-ring (bicyclic) bond motifs is 1. The minimum atomic E-state index is -3.77. The van der Waals surface area contributed by atoms with Gasteiger partial charge in [0.05, 0.1) is 24.7 Å². The molecular weight excluding hydrogens is 532 g/mol. The predicted octanol–water partition coefficient (Wildman–Crippen LogP) is 3.13. The van der Waals surface area contributed by atoms with Gasteiger partial charge in [-0.2, -0.15) is 0 Å². The van der Waals surface area contributed by atoms with Gasteiger partial charge in [0.15, 0.2) is 17.9 Å². The van der Waals surface area contributed by atoms with E-state index in [4.69, 9.17) is 15.2 Å². The Morgan fingerprint density at radius 3 is 2.60 bits per heavy atom. The van der Waals surface area contributed by atoms with Gasteiger partial charge in [0, 0.05) is 19.2 Å². The number of nitrogen functional groups attached to an aromatic ring is 1. The van der Waals surface area contributed by atoms with E-state index in [1.54, 1.807) is 24.4 Å². The second-order valence-electron chi connectivity index (χ2n) is 9.10. The molecule has 2 atom stereocenters. The zero-order valence-electron chi connectivity index (χ0n) is 21.6. The van der Waals surface area contributed by atoms with Crippen molar-refractivity contribution in [3.05, 3.63) is 84.2 Å². The summed E-state index contributed by atoms with van der Waals surface area (Å²) in [6.07, 6.45) is 1.04. The van der Waals surface area contributed by atoms with Crippen LogP contribution in [0, 0.1) is 0 Å². The molecule has 0 aliphatic carbocycles. The Morgan fingerprint density at radius 2 is 1.80 bits per heavy atom. The Hall–Kier alpha value is -3.94. The highest BCUT2D eigenvalue weighted by atomic mass is 32.2. The summed E-state index contributed by atoms with van der Waals surface area (Å²) in [7, 11) is -3.77. The molecule has 0 amide bonds. The second-order valence-corrected chi connectivity index (χ2v) is 10.9. The van der Waals surface area contributed by atoms with Gasteiger partial charge in [0.2, 0.25) is 10.0 Å². The summed E-state index contributed by atoms with van der Waals surface area (Å²) >= 11 is 0. The van der Waals surface area contributed by atoms with E-state index in [2.05, 4.69) is 25.0 Å². The van der Waals surface area contributed by atoms with Gasteiger partial charge in [-0.1, -0.05) is 60.7 Å². The lowest BCUT2D eigenvalue weighted by Gasteiger charge is -2.14. The van der Waals surface area contributed by atoms with Gasteiger partial charge in [0.25, 0.3) is 0 Å². The van der Waals surface area contributed by atoms with Crippen LogP contribution >= 0.6 is 0 Å². The molecule has 40 heavy (non-hydrogen) atoms. The largest absolute Gasteiger partial charge is 0.394 e. The number of nitrogens with two attached hydrogens (primary N) is 1. The number of ether oxygens (including phenoxy) is 2. The molecule has 1 aromatic heterocycles. The molecule has 1 saturated heterocycles. The van der Waals surface area contributed by atoms with E-state index >= 15 is 0 Å². The van der Waals surface area contributed by atoms with Crippen molar-refractivity contribution in [1.29, 1.82) is 0 Å². The fourth-order valence-electron chi connectivity index (χ4n) is 4.28. The number of rotatable bonds is 11. The fraction of sp³-hybridized carbons (Fsp3) is 0.250. The topological polar surface area (TPSA) is 161 Å². The summed E-state index contributed by atoms with van der Waals surface area (Å²) in [6, 6.07) is 22.2. The number of aliphatic hydroxyl groups is 1. The van der Waals surface area contributed by atoms with E-state index in [1.165, 1.54) is 12.1 Å². The minimum absolute atomic E-state index is 0.0853. The van der Waals surface area contributed by atoms with E-state index in [-0.39, 0.29) is 35.8 Å². The summed E-state index contributed by atoms with van der Waals surface area (Å²) in [6.45, 7) is 0.445. The molecule has 1 aliphatic heterocycles. The summed E-state index contributed by atoms with van der Waals surface area (Å²) < 4.78 is 39.0. The molecular formula is C28H30N6O5S. The van der Waals surface area contributed by atoms with E-state index in [0.29, 0.717) is 31.1 Å². The van der Waals surface area contributed by atoms with Crippen LogP contribution in [0.25, 0.3) is 10.8 Å². The molecule has 5 rings (SSSR count). The number of hydrogen-bond acceptors (Lipinski definition) is 10. The van der Waals surface area contributed by atoms with Gasteiger partial charge in [-0.25, -0.2) is 23.1 Å². The number of sulfonamides is 1. The average molecular weight is 563 g/mol. The molecule has 2 heterocycles. The van der Waals surface area contributed by atoms with Crippen molar-refractivity contribution in [1.82, 2.24) is 14.7 Å². The highest BCUT2D eigenvalue weighted by Gasteiger charge is 2.24. The van der Waals surface area contributed by atoms with E-state index in [1.807, 2.05) is 42.5 Å². The van der Waals surface area contributed by atoms with Gasteiger partial charge in [-0.15, -0.1) is 0 Å². The minimum Gasteiger partial charge on any atom is -0.394 e. The second kappa shape index (κ2) is 12.5. The number of benzene rings is 3. The van der Waals surface area contributed by atoms with Crippen LogP contribution in [0.4, 0.5) is 17.3 Å². The smallest absolute Gasteiger partial charge is 0.240 e. The highest BCUT2D eigenvalue weighted by Crippen LogP contribution is 2.30. The molecule has 12 heteroatoms. The summed E-state index contributed by atoms with van der Waals surface area (Å²) in [5.74, 6) is 0.624. The molecule has 0 spiro atoms. The lowest BCUT2D eigenvalue weighted by molar-refractivity contribution is -0.0580. The lowest BCUT2D eigenvalue weighted by Crippen LogP contribution is -2.24. The monoisotopic (exact) mass is 562 g/mol. The maximum Gasteiger partial charge on any atom is 0.240 e. The van der Waals surface area contributed by atoms with Crippen LogP contribution in [0.5, 0.6) is 0 Å². The Bertz CT molecular complexity index is 1590. The van der Waals surface area contributed by atoms with E-state index < -0.39 is 16.3 Å². The van der Waals surface area contributed by atoms with Crippen LogP contribution in [0.3, 0.4) is 0 Å². The third kappa shape index (κ3) is 6.61. The zero-order valence-corrected chi connectivity index (χ0v) is 22.4. The van der Waals surface area contributed by atoms with Gasteiger partial charge in [-0.05, 0) is 28.5 Å². The Balaban J connectivity index is 1.38. The highest BCUT2D eigenvalue weighted by molar-refractivity contribution is 7.89. The maximum absolute atomic E-state index is 12.7. The van der Waals surface area contributed by atoms with Crippen molar-refractivity contribution in [3.8, 4) is 0 Å². The molecule has 11 nitrogen and oxygen atoms in total. The number of anilines is 2. The number of aliphatic hydroxyl groups excluding tert-OH is 1. The Kier molecular flexibility index (Phi) is 8.63. The third-order valence-corrected chi connectivity index (χ3v) is 7.71. The van der Waals surface area contributed by atoms with Crippen molar-refractivity contribution in [2.75, 3.05) is 24.3 Å². The van der Waals surface area contributed by atoms with Gasteiger partial charge in [0.1, 0.15) is 17.6 Å². The number of aliphatic imine (C=N–C) groups is 1. The Labute approximate surface area is 232 Å². The number of nitrogens with zero attached hydrogens (tertiary/aromatic N) is 3. The molecule has 1 fully saturated rings. The zero-order chi connectivity index (χ0) is 28.0. The molecule has 5 N–H and O–H groups in total. The third-order valence-electron chi connectivity index (χ3n) is 6.29. The quantitative estimate of drug-likeness (QED) is 0.201. The summed E-state index contributed by atoms with van der Waals surface area (Å²) in [5, 5.41) is 14.7. The van der Waals surface area contributed by atoms with Gasteiger partial charge in [-0.3, -0.25) is 4.99 Å². The predicted molar refractivity (Wildman–Crippen MR) is 153 cm³/mol. The molecule has 2 unspecified atom stereocenters. The molecule has 0 radical (unpaired) electrons. The molecule has 208 valence electrons. The van der Waals surface area contributed by atoms with Gasteiger partial charge < -0.3 is 25.6 Å². The van der Waals surface area contributed by atoms with Crippen molar-refractivity contribution < 1.29 is 23.0 Å². The van der Waals surface area contributed by atoms with Crippen LogP contribution in [0.1, 0.15) is 17.8 Å². The number of hydrogen-bond donors (Lipinski definition) is 4. The fourth-order valence-corrected chi connectivity index (χ4v) is 5.28. The maximum atomic E-state index is 12.7. The first-order valence-corrected chi connectivity index (χ1v) is 14.2. The first-order valence-electron chi connectivity index (χ1n) is 12.7. The lowest BCUT2D eigenvalue weighted by atomic mass is 10.0. The van der Waals surface area contributed by atoms with Crippen LogP contribution in [0.2, 0.25) is 0 Å². The van der Waals surface area contributed by atoms with Crippen molar-refractivity contribution >= 4 is 44.3 Å². The van der Waals surface area contributed by atoms with Crippen LogP contribution in [-0.4, -0.2) is 55.3 Å². The van der Waals surface area contributed by atoms with E-state index in [9.17, 15) is 13.5 Å². The first kappa shape index (κ1) is 27.6. The number of aromatic nitrogens is 2. The van der Waals surface area contributed by atoms with Gasteiger partial charge >= 0.3 is 0 Å². The van der Waals surface area contributed by atoms with Crippen molar-refractivity contribution in [2.45, 2.75) is 36.8 Å². The van der Waals surface area contributed by atoms with Crippen molar-refractivity contribution in [3.63, 3.8) is 0 Å². The number of nitrogens with one attached hydrogen (secondary N) is 2. The van der Waals surface area contributed by atoms with Crippen molar-refractivity contribution in [2.24, 2.45) is 4.99 Å². The molecule has 4 aromatic rings.